The van der Waals surface area contributed by atoms with Crippen LogP contribution in [0.3, 0.4) is 0 Å². The molecule has 0 saturated carbocycles. The number of carbonyl (C=O) groups excluding carboxylic acids is 1. The SMILES string of the molecule is Cc1ccc(-c2cc(C(=O)NC3(C(=O)O)CCOC3)n[nH]2)o1. The largest absolute Gasteiger partial charge is 0.479 e. The number of hydrogen-bond acceptors (Lipinski definition) is 5. The molecule has 0 aromatic carbocycles. The van der Waals surface area contributed by atoms with E-state index in [-0.39, 0.29) is 18.7 Å². The Kier molecular flexibility index (Phi) is 3.45. The second-order valence-corrected chi connectivity index (χ2v) is 5.22. The zero-order chi connectivity index (χ0) is 15.7. The van der Waals surface area contributed by atoms with Gasteiger partial charge in [0.05, 0.1) is 6.61 Å². The van der Waals surface area contributed by atoms with E-state index >= 15 is 0 Å². The number of ether oxygens (including phenoxy) is 1. The first-order valence-electron chi connectivity index (χ1n) is 6.76. The molecule has 1 fully saturated rings. The number of carboxylic acid groups (broad SMARTS) is 1. The summed E-state index contributed by atoms with van der Waals surface area (Å²) in [6.45, 7) is 2.05. The molecule has 1 aliphatic rings. The lowest BCUT2D eigenvalue weighted by molar-refractivity contribution is -0.144. The molecule has 0 aliphatic carbocycles. The number of aromatic amines is 1. The smallest absolute Gasteiger partial charge is 0.331 e. The van der Waals surface area contributed by atoms with E-state index in [9.17, 15) is 14.7 Å². The van der Waals surface area contributed by atoms with Crippen LogP contribution in [0.5, 0.6) is 0 Å². The number of amides is 1. The Balaban J connectivity index is 1.78. The highest BCUT2D eigenvalue weighted by atomic mass is 16.5. The van der Waals surface area contributed by atoms with Crippen molar-refractivity contribution in [2.24, 2.45) is 0 Å². The van der Waals surface area contributed by atoms with Crippen LogP contribution in [0.1, 0.15) is 22.7 Å². The fourth-order valence-electron chi connectivity index (χ4n) is 2.31. The van der Waals surface area contributed by atoms with Crippen molar-refractivity contribution in [3.63, 3.8) is 0 Å². The molecule has 2 aromatic heterocycles. The summed E-state index contributed by atoms with van der Waals surface area (Å²) < 4.78 is 10.5. The van der Waals surface area contributed by atoms with Crippen molar-refractivity contribution in [2.45, 2.75) is 18.9 Å². The molecule has 0 bridgehead atoms. The molecule has 1 amide bonds. The van der Waals surface area contributed by atoms with Gasteiger partial charge in [0.1, 0.15) is 11.5 Å². The van der Waals surface area contributed by atoms with E-state index in [2.05, 4.69) is 15.5 Å². The number of carbonyl (C=O) groups is 2. The number of nitrogens with zero attached hydrogens (tertiary/aromatic N) is 1. The fourth-order valence-corrected chi connectivity index (χ4v) is 2.31. The van der Waals surface area contributed by atoms with Crippen LogP contribution in [0.25, 0.3) is 11.5 Å². The van der Waals surface area contributed by atoms with Gasteiger partial charge in [-0.1, -0.05) is 0 Å². The number of furan rings is 1. The minimum atomic E-state index is -1.39. The molecule has 2 aromatic rings. The molecule has 8 heteroatoms. The lowest BCUT2D eigenvalue weighted by Gasteiger charge is -2.22. The topological polar surface area (TPSA) is 117 Å². The molecule has 3 rings (SSSR count). The van der Waals surface area contributed by atoms with Gasteiger partial charge >= 0.3 is 5.97 Å². The molecule has 0 spiro atoms. The van der Waals surface area contributed by atoms with Gasteiger partial charge in [0.15, 0.2) is 17.0 Å². The van der Waals surface area contributed by atoms with Gasteiger partial charge in [-0.2, -0.15) is 5.10 Å². The number of hydrogen-bond donors (Lipinski definition) is 3. The molecule has 1 aliphatic heterocycles. The van der Waals surface area contributed by atoms with E-state index in [1.54, 1.807) is 12.1 Å². The van der Waals surface area contributed by atoms with Gasteiger partial charge < -0.3 is 19.6 Å². The summed E-state index contributed by atoms with van der Waals surface area (Å²) in [5.41, 5.74) is -0.751. The number of aliphatic carboxylic acids is 1. The predicted molar refractivity (Wildman–Crippen MR) is 74.3 cm³/mol. The monoisotopic (exact) mass is 305 g/mol. The van der Waals surface area contributed by atoms with Crippen LogP contribution < -0.4 is 5.32 Å². The number of nitrogens with one attached hydrogen (secondary N) is 2. The van der Waals surface area contributed by atoms with Gasteiger partial charge in [0.25, 0.3) is 5.91 Å². The predicted octanol–water partition coefficient (Wildman–Crippen LogP) is 0.952. The fraction of sp³-hybridized carbons (Fsp3) is 0.357. The Morgan fingerprint density at radius 3 is 2.86 bits per heavy atom. The molecule has 3 N–H and O–H groups in total. The Hall–Kier alpha value is -2.61. The van der Waals surface area contributed by atoms with Crippen LogP contribution in [0, 0.1) is 6.92 Å². The number of aromatic nitrogens is 2. The van der Waals surface area contributed by atoms with Crippen molar-refractivity contribution in [3.8, 4) is 11.5 Å². The zero-order valence-corrected chi connectivity index (χ0v) is 11.9. The second kappa shape index (κ2) is 5.30. The Bertz CT molecular complexity index is 712. The molecule has 116 valence electrons. The van der Waals surface area contributed by atoms with Crippen LogP contribution >= 0.6 is 0 Å². The van der Waals surface area contributed by atoms with Crippen LogP contribution in [-0.2, 0) is 9.53 Å². The number of aryl methyl sites for hydroxylation is 1. The van der Waals surface area contributed by atoms with E-state index < -0.39 is 17.4 Å². The Labute approximate surface area is 125 Å². The van der Waals surface area contributed by atoms with E-state index in [1.807, 2.05) is 6.92 Å². The van der Waals surface area contributed by atoms with Crippen molar-refractivity contribution in [2.75, 3.05) is 13.2 Å². The van der Waals surface area contributed by atoms with Crippen LogP contribution in [0.15, 0.2) is 22.6 Å². The van der Waals surface area contributed by atoms with Gasteiger partial charge in [0.2, 0.25) is 0 Å². The second-order valence-electron chi connectivity index (χ2n) is 5.22. The summed E-state index contributed by atoms with van der Waals surface area (Å²) in [7, 11) is 0. The van der Waals surface area contributed by atoms with Gasteiger partial charge in [-0.25, -0.2) is 4.79 Å². The number of rotatable bonds is 4. The van der Waals surface area contributed by atoms with Crippen LogP contribution in [0.4, 0.5) is 0 Å². The molecule has 1 unspecified atom stereocenters. The first-order chi connectivity index (χ1) is 10.5. The highest BCUT2D eigenvalue weighted by molar-refractivity contribution is 5.97. The lowest BCUT2D eigenvalue weighted by Crippen LogP contribution is -2.55. The number of H-pyrrole nitrogens is 1. The highest BCUT2D eigenvalue weighted by Crippen LogP contribution is 2.22. The third-order valence-corrected chi connectivity index (χ3v) is 3.60. The zero-order valence-electron chi connectivity index (χ0n) is 11.9. The summed E-state index contributed by atoms with van der Waals surface area (Å²) in [5.74, 6) is -0.390. The highest BCUT2D eigenvalue weighted by Gasteiger charge is 2.44. The third-order valence-electron chi connectivity index (χ3n) is 3.60. The van der Waals surface area contributed by atoms with E-state index in [0.29, 0.717) is 18.1 Å². The summed E-state index contributed by atoms with van der Waals surface area (Å²) in [6, 6.07) is 5.07. The molecular formula is C14H15N3O5. The summed E-state index contributed by atoms with van der Waals surface area (Å²) >= 11 is 0. The first-order valence-corrected chi connectivity index (χ1v) is 6.76. The standard InChI is InChI=1S/C14H15N3O5/c1-8-2-3-11(22-8)9-6-10(17-16-9)12(18)15-14(13(19)20)4-5-21-7-14/h2-3,6H,4-5,7H2,1H3,(H,15,18)(H,16,17)(H,19,20). The molecule has 22 heavy (non-hydrogen) atoms. The van der Waals surface area contributed by atoms with E-state index in [1.165, 1.54) is 6.07 Å². The van der Waals surface area contributed by atoms with Gasteiger partial charge in [-0.05, 0) is 19.1 Å². The van der Waals surface area contributed by atoms with Crippen molar-refractivity contribution >= 4 is 11.9 Å². The van der Waals surface area contributed by atoms with Gasteiger partial charge in [-0.3, -0.25) is 9.89 Å². The van der Waals surface area contributed by atoms with Crippen LogP contribution in [0.2, 0.25) is 0 Å². The van der Waals surface area contributed by atoms with Crippen molar-refractivity contribution in [1.82, 2.24) is 15.5 Å². The molecule has 1 saturated heterocycles. The van der Waals surface area contributed by atoms with Crippen molar-refractivity contribution in [3.05, 3.63) is 29.7 Å². The maximum Gasteiger partial charge on any atom is 0.331 e. The average Bonchev–Trinajstić information content (AvgIpc) is 3.17. The Morgan fingerprint density at radius 1 is 1.45 bits per heavy atom. The third kappa shape index (κ3) is 2.48. The summed E-state index contributed by atoms with van der Waals surface area (Å²) in [6.07, 6.45) is 0.225. The molecule has 3 heterocycles. The molecular weight excluding hydrogens is 290 g/mol. The quantitative estimate of drug-likeness (QED) is 0.774. The summed E-state index contributed by atoms with van der Waals surface area (Å²) in [5, 5.41) is 18.4. The number of carboxylic acids is 1. The van der Waals surface area contributed by atoms with Crippen molar-refractivity contribution < 1.29 is 23.8 Å². The molecule has 0 radical (unpaired) electrons. The average molecular weight is 305 g/mol. The molecule has 8 nitrogen and oxygen atoms in total. The maximum atomic E-state index is 12.2. The lowest BCUT2D eigenvalue weighted by atomic mass is 9.99. The van der Waals surface area contributed by atoms with Gasteiger partial charge in [-0.15, -0.1) is 0 Å². The van der Waals surface area contributed by atoms with E-state index in [0.717, 1.165) is 5.76 Å². The van der Waals surface area contributed by atoms with Crippen LogP contribution in [-0.4, -0.2) is 45.9 Å². The molecule has 1 atom stereocenters. The first kappa shape index (κ1) is 14.3. The normalized spacial score (nSPS) is 21.0. The minimum absolute atomic E-state index is 0.0528. The van der Waals surface area contributed by atoms with Gasteiger partial charge in [0, 0.05) is 19.1 Å². The van der Waals surface area contributed by atoms with E-state index in [4.69, 9.17) is 9.15 Å². The Morgan fingerprint density at radius 2 is 2.27 bits per heavy atom. The summed E-state index contributed by atoms with van der Waals surface area (Å²) in [4.78, 5) is 23.6. The minimum Gasteiger partial charge on any atom is -0.479 e. The maximum absolute atomic E-state index is 12.2. The van der Waals surface area contributed by atoms with Crippen molar-refractivity contribution in [1.29, 1.82) is 0 Å².